The van der Waals surface area contributed by atoms with Crippen molar-refractivity contribution in [3.05, 3.63) is 75.9 Å². The number of phosphoric ester groups is 1. The Bertz CT molecular complexity index is 1450. The van der Waals surface area contributed by atoms with Crippen molar-refractivity contribution in [1.82, 2.24) is 9.55 Å². The smallest absolute Gasteiger partial charge is 0.756 e. The summed E-state index contributed by atoms with van der Waals surface area (Å²) in [5.74, 6) is -0.627. The molecule has 18 nitrogen and oxygen atoms in total. The molecule has 0 amide bonds. The number of aromatic amines is 1. The van der Waals surface area contributed by atoms with Gasteiger partial charge in [0.15, 0.2) is 0 Å². The molecule has 1 aliphatic carbocycles. The molecule has 214 valence electrons. The minimum Gasteiger partial charge on any atom is -0.756 e. The second-order valence-electron chi connectivity index (χ2n) is 7.43. The molecule has 39 heavy (non-hydrogen) atoms. The molecule has 6 N–H and O–H groups in total. The molecule has 1 fully saturated rings. The fraction of sp³-hybridized carbons (Fsp3) is 0.250. The molecule has 23 heteroatoms. The number of nitrogens with one attached hydrogen (secondary N) is 2. The third kappa shape index (κ3) is 11.2. The minimum absolute atomic E-state index is 0. The van der Waals surface area contributed by atoms with Crippen molar-refractivity contribution in [2.24, 2.45) is 5.92 Å². The van der Waals surface area contributed by atoms with Gasteiger partial charge in [-0.05, 0) is 18.2 Å². The Kier molecular flexibility index (Phi) is 11.8. The first-order valence-corrected chi connectivity index (χ1v) is 16.1. The van der Waals surface area contributed by atoms with Gasteiger partial charge < -0.3 is 43.5 Å². The topological polar surface area (TPSA) is 276 Å². The maximum atomic E-state index is 12.0. The van der Waals surface area contributed by atoms with E-state index in [1.54, 1.807) is 6.07 Å². The van der Waals surface area contributed by atoms with Crippen LogP contribution in [-0.2, 0) is 35.7 Å². The van der Waals surface area contributed by atoms with E-state index in [2.05, 4.69) is 17.5 Å². The number of nitrogens with zero attached hydrogens (tertiary/aromatic N) is 1. The molecule has 6 atom stereocenters. The average molecular weight is 856 g/mol. The van der Waals surface area contributed by atoms with E-state index in [1.165, 1.54) is 30.5 Å². The van der Waals surface area contributed by atoms with Crippen LogP contribution in [0.4, 0.5) is 5.69 Å². The number of para-hydroxylation sites is 1. The largest absolute Gasteiger partial charge is 2.00 e. The maximum absolute atomic E-state index is 12.0. The summed E-state index contributed by atoms with van der Waals surface area (Å²) < 4.78 is 64.4. The molecular weight excluding hydrogens is 836 g/mol. The van der Waals surface area contributed by atoms with Crippen LogP contribution in [0, 0.1) is 49.5 Å². The van der Waals surface area contributed by atoms with Crippen LogP contribution in [0.3, 0.4) is 0 Å². The fourth-order valence-corrected chi connectivity index (χ4v) is 7.99. The molecular formula is C16H20N3O15P4U-. The van der Waals surface area contributed by atoms with Crippen LogP contribution in [0.15, 0.2) is 52.2 Å². The number of aliphatic hydroxyl groups is 1. The number of anilines is 1. The standard InChI is InChI=1S/C16H21N3O15P4.U/c20-14(12-10-13(12)19-8-6-15(21)17-16(19)22)7-9-31-36(25,26)33-38(29,30)34-37(27,28)32-35(23,24)18-11-4-2-1-3-5-11;/h1-8,12,14,20H,9-10H2,(H,25,26)(H,27,28)(H,29,30)(H,17,21,22)(H2,18,23,24);/q-2;+2/p-1. The summed E-state index contributed by atoms with van der Waals surface area (Å²) in [5.41, 5.74) is -1.41. The van der Waals surface area contributed by atoms with Crippen LogP contribution < -0.4 is 21.2 Å². The Morgan fingerprint density at radius 1 is 1.08 bits per heavy atom. The molecule has 1 aromatic carbocycles. The van der Waals surface area contributed by atoms with Crippen LogP contribution >= 0.6 is 31.2 Å². The quantitative estimate of drug-likeness (QED) is 0.111. The van der Waals surface area contributed by atoms with Crippen molar-refractivity contribution >= 4 is 36.9 Å². The predicted molar refractivity (Wildman–Crippen MR) is 125 cm³/mol. The zero-order valence-electron chi connectivity index (χ0n) is 19.2. The molecule has 0 radical (unpaired) electrons. The number of H-pyrrole nitrogens is 1. The first-order valence-electron chi connectivity index (χ1n) is 10.1. The summed E-state index contributed by atoms with van der Waals surface area (Å²) in [7, 11) is -22.8. The van der Waals surface area contributed by atoms with Gasteiger partial charge in [-0.3, -0.25) is 20.9 Å². The second-order valence-corrected chi connectivity index (χ2v) is 13.7. The van der Waals surface area contributed by atoms with Crippen molar-refractivity contribution in [2.75, 3.05) is 11.7 Å². The van der Waals surface area contributed by atoms with E-state index in [1.807, 2.05) is 10.1 Å². The Morgan fingerprint density at radius 2 is 1.69 bits per heavy atom. The molecule has 1 saturated carbocycles. The molecule has 2 aromatic rings. The van der Waals surface area contributed by atoms with Gasteiger partial charge in [-0.1, -0.05) is 49.4 Å². The summed E-state index contributed by atoms with van der Waals surface area (Å²) >= 11 is 0. The molecule has 0 aliphatic heterocycles. The zero-order valence-corrected chi connectivity index (χ0v) is 26.9. The minimum atomic E-state index is -5.98. The second kappa shape index (κ2) is 13.4. The first-order chi connectivity index (χ1) is 17.5. The molecule has 0 saturated heterocycles. The molecule has 1 aromatic heterocycles. The Balaban J connectivity index is 0.00000533. The molecule has 1 aliphatic rings. The first kappa shape index (κ1) is 34.4. The average Bonchev–Trinajstić information content (AvgIpc) is 3.51. The number of aromatic nitrogens is 2. The van der Waals surface area contributed by atoms with E-state index in [0.29, 0.717) is 6.04 Å². The van der Waals surface area contributed by atoms with E-state index in [4.69, 9.17) is 0 Å². The summed E-state index contributed by atoms with van der Waals surface area (Å²) in [6.45, 7) is -0.910. The summed E-state index contributed by atoms with van der Waals surface area (Å²) in [6, 6.07) is 8.47. The predicted octanol–water partition coefficient (Wildman–Crippen LogP) is 0.450. The maximum Gasteiger partial charge on any atom is 2.00 e. The van der Waals surface area contributed by atoms with Crippen LogP contribution in [-0.4, -0.2) is 42.0 Å². The summed E-state index contributed by atoms with van der Waals surface area (Å²) in [5, 5.41) is 12.0. The Labute approximate surface area is 243 Å². The van der Waals surface area contributed by atoms with Gasteiger partial charge >= 0.3 is 54.5 Å². The number of phosphoric acid groups is 3. The van der Waals surface area contributed by atoms with Gasteiger partial charge in [-0.15, -0.1) is 6.04 Å². The SMILES string of the molecule is O=c1ccn([C-]2CC2C(O)[CH-]COP(=O)([O-])OP(=O)(O)OP(=O)(O)OP(=O)(O)Nc2ccccc2)c(=O)[nH]1.[U+2]. The van der Waals surface area contributed by atoms with E-state index < -0.39 is 61.1 Å². The van der Waals surface area contributed by atoms with Gasteiger partial charge in [0, 0.05) is 5.69 Å². The van der Waals surface area contributed by atoms with Crippen LogP contribution in [0.25, 0.3) is 0 Å². The number of rotatable bonds is 14. The van der Waals surface area contributed by atoms with Crippen LogP contribution in [0.5, 0.6) is 0 Å². The number of aliphatic hydroxyl groups excluding tert-OH is 1. The Morgan fingerprint density at radius 3 is 2.31 bits per heavy atom. The third-order valence-corrected chi connectivity index (χ3v) is 10.5. The van der Waals surface area contributed by atoms with Crippen molar-refractivity contribution < 1.29 is 91.5 Å². The normalized spacial score (nSPS) is 21.8. The number of hydrogen-bond donors (Lipinski definition) is 6. The molecule has 0 bridgehead atoms. The number of benzene rings is 1. The Hall–Kier alpha value is -0.818. The summed E-state index contributed by atoms with van der Waals surface area (Å²) in [6.07, 6.45) is 0.967. The molecule has 1 heterocycles. The van der Waals surface area contributed by atoms with Gasteiger partial charge in [0.2, 0.25) is 11.2 Å². The molecule has 0 spiro atoms. The van der Waals surface area contributed by atoms with Gasteiger partial charge in [0.25, 0.3) is 7.82 Å². The monoisotopic (exact) mass is 856 g/mol. The van der Waals surface area contributed by atoms with E-state index >= 15 is 0 Å². The van der Waals surface area contributed by atoms with Gasteiger partial charge in [0.1, 0.15) is 0 Å². The van der Waals surface area contributed by atoms with Crippen molar-refractivity contribution in [2.45, 2.75) is 12.5 Å². The number of hydrogen-bond acceptors (Lipinski definition) is 12. The van der Waals surface area contributed by atoms with Crippen LogP contribution in [0.2, 0.25) is 0 Å². The third-order valence-electron chi connectivity index (χ3n) is 4.48. The van der Waals surface area contributed by atoms with Crippen molar-refractivity contribution in [1.29, 1.82) is 0 Å². The fourth-order valence-electron chi connectivity index (χ4n) is 2.95. The van der Waals surface area contributed by atoms with E-state index in [-0.39, 0.29) is 43.2 Å². The van der Waals surface area contributed by atoms with E-state index in [9.17, 15) is 52.5 Å². The van der Waals surface area contributed by atoms with Gasteiger partial charge in [-0.2, -0.15) is 8.62 Å². The van der Waals surface area contributed by atoms with E-state index in [0.717, 1.165) is 17.1 Å². The van der Waals surface area contributed by atoms with Crippen LogP contribution in [0.1, 0.15) is 6.42 Å². The zero-order chi connectivity index (χ0) is 28.4. The van der Waals surface area contributed by atoms with Crippen molar-refractivity contribution in [3.8, 4) is 0 Å². The van der Waals surface area contributed by atoms with Crippen molar-refractivity contribution in [3.63, 3.8) is 0 Å². The molecule has 3 rings (SSSR count). The van der Waals surface area contributed by atoms with Gasteiger partial charge in [0.05, 0.1) is 0 Å². The van der Waals surface area contributed by atoms with Gasteiger partial charge in [-0.25, -0.2) is 18.0 Å². The summed E-state index contributed by atoms with van der Waals surface area (Å²) in [4.78, 5) is 65.5. The molecule has 6 unspecified atom stereocenters.